The van der Waals surface area contributed by atoms with Crippen molar-refractivity contribution in [3.05, 3.63) is 48.5 Å². The summed E-state index contributed by atoms with van der Waals surface area (Å²) in [6.45, 7) is 0. The molecule has 0 saturated heterocycles. The van der Waals surface area contributed by atoms with E-state index in [9.17, 15) is 9.46 Å². The molecule has 2 aromatic rings. The fourth-order valence-corrected chi connectivity index (χ4v) is 7.51. The van der Waals surface area contributed by atoms with Crippen molar-refractivity contribution < 1.29 is 9.46 Å². The average Bonchev–Trinajstić information content (AvgIpc) is 2.40. The van der Waals surface area contributed by atoms with Gasteiger partial charge in [-0.2, -0.15) is 0 Å². The third kappa shape index (κ3) is 2.18. The smallest absolute Gasteiger partial charge is 0.320 e. The minimum atomic E-state index is -3.26. The number of fused-ring (bicyclic) bond motifs is 3. The van der Waals surface area contributed by atoms with E-state index >= 15 is 0 Å². The van der Waals surface area contributed by atoms with Crippen LogP contribution < -0.4 is 0 Å². The van der Waals surface area contributed by atoms with Gasteiger partial charge in [0, 0.05) is 9.79 Å². The normalized spacial score (nSPS) is 16.8. The molecule has 17 heavy (non-hydrogen) atoms. The average molecular weight is 280 g/mol. The second-order valence-corrected chi connectivity index (χ2v) is 10.6. The van der Waals surface area contributed by atoms with Crippen molar-refractivity contribution in [1.29, 1.82) is 0 Å². The molecule has 0 radical (unpaired) electrons. The summed E-state index contributed by atoms with van der Waals surface area (Å²) in [4.78, 5) is 11.7. The Bertz CT molecular complexity index is 576. The Labute approximate surface area is 107 Å². The predicted octanol–water partition coefficient (Wildman–Crippen LogP) is 4.65. The van der Waals surface area contributed by atoms with Gasteiger partial charge in [-0.05, 0) is 46.0 Å². The number of hydrogen-bond donors (Lipinski definition) is 1. The molecule has 0 aromatic heterocycles. The Balaban J connectivity index is 2.32. The Morgan fingerprint density at radius 1 is 0.824 bits per heavy atom. The van der Waals surface area contributed by atoms with E-state index in [0.29, 0.717) is 0 Å². The SMILES string of the molecule is O=P1(O)Sc2ccccc2-c2ccccc2S1. The van der Waals surface area contributed by atoms with Crippen molar-refractivity contribution in [2.45, 2.75) is 9.79 Å². The van der Waals surface area contributed by atoms with E-state index in [1.807, 2.05) is 48.5 Å². The molecule has 0 amide bonds. The maximum atomic E-state index is 12.1. The zero-order valence-corrected chi connectivity index (χ0v) is 11.3. The van der Waals surface area contributed by atoms with Crippen LogP contribution in [0.1, 0.15) is 0 Å². The first-order chi connectivity index (χ1) is 8.16. The van der Waals surface area contributed by atoms with Crippen molar-refractivity contribution >= 4 is 28.5 Å². The largest absolute Gasteiger partial charge is 0.329 e. The number of benzene rings is 2. The van der Waals surface area contributed by atoms with E-state index in [-0.39, 0.29) is 0 Å². The molecule has 0 spiro atoms. The highest BCUT2D eigenvalue weighted by Crippen LogP contribution is 2.73. The monoisotopic (exact) mass is 280 g/mol. The molecular formula is C12H9O2PS2. The molecule has 2 aromatic carbocycles. The first-order valence-electron chi connectivity index (χ1n) is 5.06. The van der Waals surface area contributed by atoms with Crippen LogP contribution >= 0.6 is 28.5 Å². The van der Waals surface area contributed by atoms with Crippen molar-refractivity contribution in [3.8, 4) is 11.1 Å². The predicted molar refractivity (Wildman–Crippen MR) is 73.4 cm³/mol. The number of hydrogen-bond acceptors (Lipinski definition) is 3. The van der Waals surface area contributed by atoms with Gasteiger partial charge in [0.25, 0.3) is 0 Å². The van der Waals surface area contributed by atoms with Crippen LogP contribution in [0.2, 0.25) is 0 Å². The Hall–Kier alpha value is -0.670. The molecule has 0 aliphatic carbocycles. The van der Waals surface area contributed by atoms with Crippen molar-refractivity contribution in [2.24, 2.45) is 0 Å². The maximum absolute atomic E-state index is 12.1. The summed E-state index contributed by atoms with van der Waals surface area (Å²) in [7, 11) is 0. The third-order valence-corrected chi connectivity index (χ3v) is 7.96. The molecule has 5 heteroatoms. The molecule has 86 valence electrons. The lowest BCUT2D eigenvalue weighted by Crippen LogP contribution is -1.81. The van der Waals surface area contributed by atoms with Gasteiger partial charge in [-0.3, -0.25) is 4.57 Å². The highest BCUT2D eigenvalue weighted by Gasteiger charge is 2.29. The lowest BCUT2D eigenvalue weighted by atomic mass is 10.1. The van der Waals surface area contributed by atoms with Crippen LogP contribution in [0.15, 0.2) is 58.3 Å². The van der Waals surface area contributed by atoms with E-state index in [1.165, 1.54) is 0 Å². The molecule has 3 rings (SSSR count). The summed E-state index contributed by atoms with van der Waals surface area (Å²) in [6.07, 6.45) is 0. The first-order valence-corrected chi connectivity index (χ1v) is 9.56. The maximum Gasteiger partial charge on any atom is 0.320 e. The van der Waals surface area contributed by atoms with E-state index in [1.54, 1.807) is 0 Å². The van der Waals surface area contributed by atoms with Crippen LogP contribution in [0.3, 0.4) is 0 Å². The summed E-state index contributed by atoms with van der Waals surface area (Å²) in [5.74, 6) is -3.26. The van der Waals surface area contributed by atoms with Crippen molar-refractivity contribution in [1.82, 2.24) is 0 Å². The first kappa shape index (κ1) is 11.4. The molecule has 1 N–H and O–H groups in total. The summed E-state index contributed by atoms with van der Waals surface area (Å²) < 4.78 is 12.1. The highest BCUT2D eigenvalue weighted by molar-refractivity contribution is 8.89. The van der Waals surface area contributed by atoms with Gasteiger partial charge in [0.2, 0.25) is 0 Å². The summed E-state index contributed by atoms with van der Waals surface area (Å²) >= 11 is 2.13. The second-order valence-electron chi connectivity index (χ2n) is 3.64. The van der Waals surface area contributed by atoms with Crippen LogP contribution in [0.4, 0.5) is 0 Å². The van der Waals surface area contributed by atoms with E-state index < -0.39 is 5.77 Å². The zero-order valence-electron chi connectivity index (χ0n) is 8.74. The Morgan fingerprint density at radius 2 is 1.24 bits per heavy atom. The van der Waals surface area contributed by atoms with Gasteiger partial charge in [-0.1, -0.05) is 36.4 Å². The van der Waals surface area contributed by atoms with Gasteiger partial charge >= 0.3 is 5.77 Å². The summed E-state index contributed by atoms with van der Waals surface area (Å²) in [5, 5.41) is 0. The molecule has 1 aliphatic rings. The Kier molecular flexibility index (Phi) is 2.83. The van der Waals surface area contributed by atoms with E-state index in [4.69, 9.17) is 0 Å². The standard InChI is InChI=1S/C12H9O2PS2/c13-15(14)16-11-7-3-1-5-9(11)10-6-2-4-8-12(10)17-15/h1-8H,(H,13,14). The lowest BCUT2D eigenvalue weighted by molar-refractivity contribution is 0.514. The fourth-order valence-electron chi connectivity index (χ4n) is 1.80. The molecule has 1 heterocycles. The van der Waals surface area contributed by atoms with Crippen molar-refractivity contribution in [2.75, 3.05) is 0 Å². The zero-order chi connectivity index (χ0) is 11.9. The summed E-state index contributed by atoms with van der Waals surface area (Å²) in [6, 6.07) is 15.5. The number of rotatable bonds is 0. The topological polar surface area (TPSA) is 37.3 Å². The molecule has 0 atom stereocenters. The van der Waals surface area contributed by atoms with Gasteiger partial charge in [0.15, 0.2) is 0 Å². The minimum Gasteiger partial charge on any atom is -0.329 e. The van der Waals surface area contributed by atoms with Crippen LogP contribution in [0, 0.1) is 0 Å². The molecule has 1 aliphatic heterocycles. The van der Waals surface area contributed by atoms with E-state index in [0.717, 1.165) is 43.7 Å². The quantitative estimate of drug-likeness (QED) is 0.713. The lowest BCUT2D eigenvalue weighted by Gasteiger charge is -2.06. The molecule has 0 fully saturated rings. The van der Waals surface area contributed by atoms with Crippen molar-refractivity contribution in [3.63, 3.8) is 0 Å². The van der Waals surface area contributed by atoms with Crippen LogP contribution in [0.5, 0.6) is 0 Å². The Morgan fingerprint density at radius 3 is 1.71 bits per heavy atom. The summed E-state index contributed by atoms with van der Waals surface area (Å²) in [5.41, 5.74) is 2.07. The van der Waals surface area contributed by atoms with Crippen LogP contribution in [-0.2, 0) is 4.57 Å². The molecule has 2 nitrogen and oxygen atoms in total. The van der Waals surface area contributed by atoms with Crippen LogP contribution in [0.25, 0.3) is 11.1 Å². The molecule has 0 unspecified atom stereocenters. The second kappa shape index (κ2) is 4.21. The molecule has 0 saturated carbocycles. The highest BCUT2D eigenvalue weighted by atomic mass is 33.1. The van der Waals surface area contributed by atoms with Gasteiger partial charge in [0.1, 0.15) is 0 Å². The van der Waals surface area contributed by atoms with Gasteiger partial charge in [-0.25, -0.2) is 0 Å². The fraction of sp³-hybridized carbons (Fsp3) is 0. The molecule has 0 bridgehead atoms. The van der Waals surface area contributed by atoms with Gasteiger partial charge in [-0.15, -0.1) is 0 Å². The van der Waals surface area contributed by atoms with Crippen LogP contribution in [-0.4, -0.2) is 4.89 Å². The third-order valence-electron chi connectivity index (χ3n) is 2.49. The molecular weight excluding hydrogens is 271 g/mol. The minimum absolute atomic E-state index is 0.871. The van der Waals surface area contributed by atoms with E-state index in [2.05, 4.69) is 0 Å². The van der Waals surface area contributed by atoms with Gasteiger partial charge < -0.3 is 4.89 Å². The van der Waals surface area contributed by atoms with Gasteiger partial charge in [0.05, 0.1) is 0 Å².